The van der Waals surface area contributed by atoms with Crippen LogP contribution in [0.25, 0.3) is 0 Å². The lowest BCUT2D eigenvalue weighted by Crippen LogP contribution is -2.42. The van der Waals surface area contributed by atoms with Crippen molar-refractivity contribution in [2.24, 2.45) is 5.92 Å². The van der Waals surface area contributed by atoms with Crippen molar-refractivity contribution >= 4 is 21.8 Å². The highest BCUT2D eigenvalue weighted by Crippen LogP contribution is 2.20. The Kier molecular flexibility index (Phi) is 7.81. The van der Waals surface area contributed by atoms with Crippen LogP contribution in [0.2, 0.25) is 0 Å². The normalized spacial score (nSPS) is 20.6. The molecule has 1 aliphatic heterocycles. The van der Waals surface area contributed by atoms with Gasteiger partial charge >= 0.3 is 0 Å². The minimum absolute atomic E-state index is 0.111. The third-order valence-electron chi connectivity index (χ3n) is 3.05. The van der Waals surface area contributed by atoms with Gasteiger partial charge in [-0.2, -0.15) is 0 Å². The molecular weight excluding hydrogens is 286 g/mol. The molecule has 0 aromatic heterocycles. The van der Waals surface area contributed by atoms with Gasteiger partial charge in [0.2, 0.25) is 5.91 Å². The first-order chi connectivity index (χ1) is 8.27. The number of methoxy groups -OCH3 is 1. The lowest BCUT2D eigenvalue weighted by atomic mass is 9.96. The molecule has 0 radical (unpaired) electrons. The number of halogens is 1. The molecule has 0 aliphatic carbocycles. The van der Waals surface area contributed by atoms with E-state index in [0.717, 1.165) is 31.3 Å². The van der Waals surface area contributed by atoms with Crippen molar-refractivity contribution in [1.82, 2.24) is 4.90 Å². The second-order valence-corrected chi connectivity index (χ2v) is 5.16. The van der Waals surface area contributed by atoms with Gasteiger partial charge in [0.05, 0.1) is 13.2 Å². The first-order valence-electron chi connectivity index (χ1n) is 6.18. The van der Waals surface area contributed by atoms with E-state index >= 15 is 0 Å². The largest absolute Gasteiger partial charge is 0.382 e. The topological polar surface area (TPSA) is 38.8 Å². The lowest BCUT2D eigenvalue weighted by molar-refractivity contribution is -0.138. The third-order valence-corrected chi connectivity index (χ3v) is 3.50. The molecule has 1 fully saturated rings. The monoisotopic (exact) mass is 307 g/mol. The predicted octanol–water partition coefficient (Wildman–Crippen LogP) is 1.67. The summed E-state index contributed by atoms with van der Waals surface area (Å²) in [6.45, 7) is 2.98. The van der Waals surface area contributed by atoms with Crippen molar-refractivity contribution in [1.29, 1.82) is 0 Å². The van der Waals surface area contributed by atoms with Gasteiger partial charge in [0, 0.05) is 25.5 Å². The number of nitrogens with zero attached hydrogens (tertiary/aromatic N) is 1. The van der Waals surface area contributed by atoms with E-state index in [1.807, 2.05) is 4.90 Å². The maximum atomic E-state index is 11.9. The van der Waals surface area contributed by atoms with E-state index < -0.39 is 0 Å². The van der Waals surface area contributed by atoms with Crippen LogP contribution in [-0.4, -0.2) is 56.2 Å². The van der Waals surface area contributed by atoms with Crippen LogP contribution in [0.1, 0.15) is 19.3 Å². The molecule has 0 aromatic carbocycles. The zero-order chi connectivity index (χ0) is 12.5. The van der Waals surface area contributed by atoms with Gasteiger partial charge in [-0.05, 0) is 25.2 Å². The quantitative estimate of drug-likeness (QED) is 0.530. The van der Waals surface area contributed by atoms with Crippen molar-refractivity contribution in [2.45, 2.75) is 19.3 Å². The Morgan fingerprint density at radius 3 is 3.00 bits per heavy atom. The van der Waals surface area contributed by atoms with Crippen LogP contribution in [0, 0.1) is 5.92 Å². The molecule has 17 heavy (non-hydrogen) atoms. The molecule has 1 unspecified atom stereocenters. The summed E-state index contributed by atoms with van der Waals surface area (Å²) in [4.78, 5) is 13.8. The van der Waals surface area contributed by atoms with E-state index in [-0.39, 0.29) is 12.5 Å². The number of hydrogen-bond donors (Lipinski definition) is 0. The number of alkyl halides is 1. The Bertz CT molecular complexity index is 224. The van der Waals surface area contributed by atoms with E-state index in [9.17, 15) is 4.79 Å². The van der Waals surface area contributed by atoms with Gasteiger partial charge in [0.1, 0.15) is 6.61 Å². The number of carbonyl (C=O) groups is 1. The highest BCUT2D eigenvalue weighted by molar-refractivity contribution is 9.09. The van der Waals surface area contributed by atoms with E-state index in [1.54, 1.807) is 7.11 Å². The second kappa shape index (κ2) is 8.89. The first-order valence-corrected chi connectivity index (χ1v) is 7.30. The van der Waals surface area contributed by atoms with Gasteiger partial charge in [0.25, 0.3) is 0 Å². The summed E-state index contributed by atoms with van der Waals surface area (Å²) in [6.07, 6.45) is 3.50. The van der Waals surface area contributed by atoms with Gasteiger partial charge in [-0.25, -0.2) is 0 Å². The van der Waals surface area contributed by atoms with Gasteiger partial charge in [0.15, 0.2) is 0 Å². The molecule has 1 aliphatic rings. The number of ether oxygens (including phenoxy) is 2. The smallest absolute Gasteiger partial charge is 0.248 e. The van der Waals surface area contributed by atoms with Crippen LogP contribution < -0.4 is 0 Å². The molecule has 1 amide bonds. The van der Waals surface area contributed by atoms with Crippen LogP contribution in [-0.2, 0) is 14.3 Å². The summed E-state index contributed by atoms with van der Waals surface area (Å²) in [5.74, 6) is 0.756. The van der Waals surface area contributed by atoms with Crippen molar-refractivity contribution in [3.05, 3.63) is 0 Å². The van der Waals surface area contributed by atoms with E-state index in [2.05, 4.69) is 15.9 Å². The van der Waals surface area contributed by atoms with Crippen molar-refractivity contribution < 1.29 is 14.3 Å². The predicted molar refractivity (Wildman–Crippen MR) is 70.4 cm³/mol. The molecule has 0 bridgehead atoms. The van der Waals surface area contributed by atoms with E-state index in [1.165, 1.54) is 6.42 Å². The van der Waals surface area contributed by atoms with Crippen LogP contribution >= 0.6 is 15.9 Å². The average Bonchev–Trinajstić information content (AvgIpc) is 2.35. The summed E-state index contributed by atoms with van der Waals surface area (Å²) in [7, 11) is 1.63. The zero-order valence-electron chi connectivity index (χ0n) is 10.5. The summed E-state index contributed by atoms with van der Waals surface area (Å²) < 4.78 is 10.1. The van der Waals surface area contributed by atoms with Gasteiger partial charge in [-0.3, -0.25) is 4.79 Å². The fraction of sp³-hybridized carbons (Fsp3) is 0.917. The number of likely N-dealkylation sites (tertiary alicyclic amines) is 1. The molecule has 0 N–H and O–H groups in total. The number of amides is 1. The highest BCUT2D eigenvalue weighted by atomic mass is 79.9. The number of hydrogen-bond acceptors (Lipinski definition) is 3. The second-order valence-electron chi connectivity index (χ2n) is 4.37. The maximum absolute atomic E-state index is 11.9. The Labute approximate surface area is 112 Å². The number of carbonyl (C=O) groups excluding carboxylic acids is 1. The molecule has 5 heteroatoms. The number of piperidine rings is 1. The molecule has 4 nitrogen and oxygen atoms in total. The SMILES string of the molecule is COCCOCC(=O)N1CCCC(CCBr)C1. The van der Waals surface area contributed by atoms with Crippen molar-refractivity contribution in [3.8, 4) is 0 Å². The molecule has 1 atom stereocenters. The number of rotatable bonds is 7. The molecule has 1 saturated heterocycles. The molecule has 100 valence electrons. The Morgan fingerprint density at radius 1 is 1.47 bits per heavy atom. The van der Waals surface area contributed by atoms with Crippen LogP contribution in [0.3, 0.4) is 0 Å². The van der Waals surface area contributed by atoms with Gasteiger partial charge in [-0.15, -0.1) is 0 Å². The summed E-state index contributed by atoms with van der Waals surface area (Å²) in [6, 6.07) is 0. The van der Waals surface area contributed by atoms with Crippen LogP contribution in [0.4, 0.5) is 0 Å². The molecular formula is C12H22BrNO3. The minimum Gasteiger partial charge on any atom is -0.382 e. The van der Waals surface area contributed by atoms with Crippen molar-refractivity contribution in [2.75, 3.05) is 45.4 Å². The molecule has 1 heterocycles. The molecule has 1 rings (SSSR count). The van der Waals surface area contributed by atoms with Crippen LogP contribution in [0.5, 0.6) is 0 Å². The molecule has 0 saturated carbocycles. The lowest BCUT2D eigenvalue weighted by Gasteiger charge is -2.32. The fourth-order valence-corrected chi connectivity index (χ4v) is 2.72. The summed E-state index contributed by atoms with van der Waals surface area (Å²) in [5, 5.41) is 1.02. The highest BCUT2D eigenvalue weighted by Gasteiger charge is 2.22. The average molecular weight is 308 g/mol. The summed E-state index contributed by atoms with van der Waals surface area (Å²) in [5.41, 5.74) is 0. The van der Waals surface area contributed by atoms with Gasteiger partial charge in [-0.1, -0.05) is 15.9 Å². The fourth-order valence-electron chi connectivity index (χ4n) is 2.07. The molecule has 0 aromatic rings. The third kappa shape index (κ3) is 5.84. The molecule has 0 spiro atoms. The van der Waals surface area contributed by atoms with E-state index in [4.69, 9.17) is 9.47 Å². The van der Waals surface area contributed by atoms with E-state index in [0.29, 0.717) is 19.1 Å². The summed E-state index contributed by atoms with van der Waals surface area (Å²) >= 11 is 3.46. The Hall–Kier alpha value is -0.130. The standard InChI is InChI=1S/C12H22BrNO3/c1-16-7-8-17-10-12(15)14-6-2-3-11(9-14)4-5-13/h11H,2-10H2,1H3. The van der Waals surface area contributed by atoms with Crippen molar-refractivity contribution in [3.63, 3.8) is 0 Å². The zero-order valence-corrected chi connectivity index (χ0v) is 12.1. The van der Waals surface area contributed by atoms with Crippen LogP contribution in [0.15, 0.2) is 0 Å². The minimum atomic E-state index is 0.111. The Balaban J connectivity index is 2.21. The first kappa shape index (κ1) is 14.9. The Morgan fingerprint density at radius 2 is 2.29 bits per heavy atom. The maximum Gasteiger partial charge on any atom is 0.248 e. The van der Waals surface area contributed by atoms with Gasteiger partial charge < -0.3 is 14.4 Å².